The molecule has 18 heavy (non-hydrogen) atoms. The number of aliphatic hydroxyl groups is 1. The van der Waals surface area contributed by atoms with Crippen molar-refractivity contribution in [1.82, 2.24) is 19.9 Å². The van der Waals surface area contributed by atoms with Crippen molar-refractivity contribution in [3.63, 3.8) is 0 Å². The smallest absolute Gasteiger partial charge is 0.244 e. The molecule has 100 valence electrons. The molecule has 2 heterocycles. The van der Waals surface area contributed by atoms with Gasteiger partial charge < -0.3 is 15.7 Å². The van der Waals surface area contributed by atoms with Crippen molar-refractivity contribution < 1.29 is 9.90 Å². The van der Waals surface area contributed by atoms with Crippen LogP contribution in [-0.4, -0.2) is 50.1 Å². The highest BCUT2D eigenvalue weighted by molar-refractivity contribution is 5.76. The van der Waals surface area contributed by atoms with Gasteiger partial charge in [0.25, 0.3) is 0 Å². The molecule has 1 saturated heterocycles. The van der Waals surface area contributed by atoms with Crippen LogP contribution in [0.3, 0.4) is 0 Å². The Bertz CT molecular complexity index is 406. The standard InChI is InChI=1S/C11H19N5O2/c12-5-9-6-15(14-13-9)7-11(18)16-4-2-1-3-10(16)8-17/h6,10,17H,1-5,7-8,12H2. The minimum absolute atomic E-state index is 0.0249. The van der Waals surface area contributed by atoms with Crippen LogP contribution in [0.2, 0.25) is 0 Å². The van der Waals surface area contributed by atoms with Crippen LogP contribution >= 0.6 is 0 Å². The molecule has 0 bridgehead atoms. The lowest BCUT2D eigenvalue weighted by Crippen LogP contribution is -2.47. The van der Waals surface area contributed by atoms with Gasteiger partial charge in [-0.3, -0.25) is 4.79 Å². The lowest BCUT2D eigenvalue weighted by Gasteiger charge is -2.34. The highest BCUT2D eigenvalue weighted by atomic mass is 16.3. The van der Waals surface area contributed by atoms with Crippen molar-refractivity contribution >= 4 is 5.91 Å². The summed E-state index contributed by atoms with van der Waals surface area (Å²) < 4.78 is 1.49. The Labute approximate surface area is 106 Å². The molecule has 1 aliphatic rings. The number of piperidine rings is 1. The Kier molecular flexibility index (Phi) is 4.27. The maximum atomic E-state index is 12.1. The first kappa shape index (κ1) is 13.0. The van der Waals surface area contributed by atoms with E-state index in [1.807, 2.05) is 0 Å². The van der Waals surface area contributed by atoms with Gasteiger partial charge in [-0.15, -0.1) is 5.10 Å². The van der Waals surface area contributed by atoms with Crippen molar-refractivity contribution in [3.8, 4) is 0 Å². The highest BCUT2D eigenvalue weighted by Crippen LogP contribution is 2.16. The minimum atomic E-state index is -0.0521. The van der Waals surface area contributed by atoms with Crippen LogP contribution in [0.1, 0.15) is 25.0 Å². The number of carbonyl (C=O) groups is 1. The number of aliphatic hydroxyl groups excluding tert-OH is 1. The zero-order valence-corrected chi connectivity index (χ0v) is 10.3. The quantitative estimate of drug-likeness (QED) is 0.725. The van der Waals surface area contributed by atoms with Crippen molar-refractivity contribution in [3.05, 3.63) is 11.9 Å². The number of nitrogens with zero attached hydrogens (tertiary/aromatic N) is 4. The molecule has 1 atom stereocenters. The molecule has 1 aromatic heterocycles. The normalized spacial score (nSPS) is 20.1. The van der Waals surface area contributed by atoms with Crippen molar-refractivity contribution in [2.75, 3.05) is 13.2 Å². The summed E-state index contributed by atoms with van der Waals surface area (Å²) in [5.41, 5.74) is 6.10. The molecule has 1 amide bonds. The molecule has 0 aliphatic carbocycles. The molecule has 1 unspecified atom stereocenters. The van der Waals surface area contributed by atoms with Gasteiger partial charge >= 0.3 is 0 Å². The van der Waals surface area contributed by atoms with Crippen LogP contribution in [0.5, 0.6) is 0 Å². The van der Waals surface area contributed by atoms with Crippen LogP contribution in [-0.2, 0) is 17.9 Å². The van der Waals surface area contributed by atoms with Gasteiger partial charge in [0.2, 0.25) is 5.91 Å². The summed E-state index contributed by atoms with van der Waals surface area (Å²) in [7, 11) is 0. The van der Waals surface area contributed by atoms with Crippen LogP contribution < -0.4 is 5.73 Å². The summed E-state index contributed by atoms with van der Waals surface area (Å²) in [6.07, 6.45) is 4.60. The third-order valence-electron chi connectivity index (χ3n) is 3.25. The molecule has 1 aliphatic heterocycles. The van der Waals surface area contributed by atoms with Gasteiger partial charge in [-0.05, 0) is 19.3 Å². The van der Waals surface area contributed by atoms with Gasteiger partial charge in [0.05, 0.1) is 24.5 Å². The number of likely N-dealkylation sites (tertiary alicyclic amines) is 1. The Hall–Kier alpha value is -1.47. The van der Waals surface area contributed by atoms with Gasteiger partial charge in [-0.1, -0.05) is 5.21 Å². The third-order valence-corrected chi connectivity index (χ3v) is 3.25. The molecule has 7 nitrogen and oxygen atoms in total. The van der Waals surface area contributed by atoms with Crippen molar-refractivity contribution in [2.45, 2.75) is 38.4 Å². The molecule has 0 saturated carbocycles. The maximum absolute atomic E-state index is 12.1. The molecule has 0 radical (unpaired) electrons. The van der Waals surface area contributed by atoms with E-state index < -0.39 is 0 Å². The average molecular weight is 253 g/mol. The third kappa shape index (κ3) is 2.85. The second-order valence-electron chi connectivity index (χ2n) is 4.53. The fraction of sp³-hybridized carbons (Fsp3) is 0.727. The second-order valence-corrected chi connectivity index (χ2v) is 4.53. The van der Waals surface area contributed by atoms with E-state index in [0.717, 1.165) is 19.3 Å². The molecular weight excluding hydrogens is 234 g/mol. The molecule has 0 spiro atoms. The molecule has 3 N–H and O–H groups in total. The highest BCUT2D eigenvalue weighted by Gasteiger charge is 2.26. The summed E-state index contributed by atoms with van der Waals surface area (Å²) >= 11 is 0. The Morgan fingerprint density at radius 1 is 1.56 bits per heavy atom. The van der Waals surface area contributed by atoms with Gasteiger partial charge in [-0.2, -0.15) is 0 Å². The zero-order valence-electron chi connectivity index (χ0n) is 10.3. The first-order valence-electron chi connectivity index (χ1n) is 6.24. The summed E-state index contributed by atoms with van der Waals surface area (Å²) in [4.78, 5) is 13.9. The van der Waals surface area contributed by atoms with E-state index in [9.17, 15) is 9.90 Å². The molecule has 2 rings (SSSR count). The Morgan fingerprint density at radius 3 is 3.06 bits per heavy atom. The Morgan fingerprint density at radius 2 is 2.39 bits per heavy atom. The van der Waals surface area contributed by atoms with Gasteiger partial charge in [0.1, 0.15) is 6.54 Å². The largest absolute Gasteiger partial charge is 0.394 e. The molecule has 0 aromatic carbocycles. The number of rotatable bonds is 4. The summed E-state index contributed by atoms with van der Waals surface area (Å²) in [6.45, 7) is 1.21. The van der Waals surface area contributed by atoms with E-state index in [2.05, 4.69) is 10.3 Å². The summed E-state index contributed by atoms with van der Waals surface area (Å²) in [5, 5.41) is 17.0. The van der Waals surface area contributed by atoms with E-state index >= 15 is 0 Å². The summed E-state index contributed by atoms with van der Waals surface area (Å²) in [6, 6.07) is -0.0521. The molecule has 1 aromatic rings. The zero-order chi connectivity index (χ0) is 13.0. The lowest BCUT2D eigenvalue weighted by atomic mass is 10.0. The van der Waals surface area contributed by atoms with Crippen molar-refractivity contribution in [1.29, 1.82) is 0 Å². The van der Waals surface area contributed by atoms with E-state index in [4.69, 9.17) is 5.73 Å². The Balaban J connectivity index is 1.97. The summed E-state index contributed by atoms with van der Waals surface area (Å²) in [5.74, 6) is -0.0257. The molecule has 7 heteroatoms. The maximum Gasteiger partial charge on any atom is 0.244 e. The average Bonchev–Trinajstić information content (AvgIpc) is 2.86. The second kappa shape index (κ2) is 5.92. The van der Waals surface area contributed by atoms with E-state index in [-0.39, 0.29) is 25.1 Å². The first-order valence-corrected chi connectivity index (χ1v) is 6.24. The first-order chi connectivity index (χ1) is 8.74. The molecule has 1 fully saturated rings. The van der Waals surface area contributed by atoms with E-state index in [1.165, 1.54) is 4.68 Å². The lowest BCUT2D eigenvalue weighted by molar-refractivity contribution is -0.136. The number of hydrogen-bond donors (Lipinski definition) is 2. The van der Waals surface area contributed by atoms with E-state index in [0.29, 0.717) is 18.8 Å². The number of hydrogen-bond acceptors (Lipinski definition) is 5. The fourth-order valence-corrected chi connectivity index (χ4v) is 2.26. The number of aromatic nitrogens is 3. The molecular formula is C11H19N5O2. The topological polar surface area (TPSA) is 97.3 Å². The van der Waals surface area contributed by atoms with Gasteiger partial charge in [0.15, 0.2) is 0 Å². The fourth-order valence-electron chi connectivity index (χ4n) is 2.26. The van der Waals surface area contributed by atoms with Gasteiger partial charge in [-0.25, -0.2) is 4.68 Å². The number of amides is 1. The predicted molar refractivity (Wildman–Crippen MR) is 64.4 cm³/mol. The monoisotopic (exact) mass is 253 g/mol. The van der Waals surface area contributed by atoms with E-state index in [1.54, 1.807) is 11.1 Å². The van der Waals surface area contributed by atoms with Crippen LogP contribution in [0, 0.1) is 0 Å². The SMILES string of the molecule is NCc1cn(CC(=O)N2CCCCC2CO)nn1. The number of nitrogens with two attached hydrogens (primary N) is 1. The van der Waals surface area contributed by atoms with Crippen LogP contribution in [0.25, 0.3) is 0 Å². The number of carbonyl (C=O) groups excluding carboxylic acids is 1. The predicted octanol–water partition coefficient (Wildman–Crippen LogP) is -0.890. The minimum Gasteiger partial charge on any atom is -0.394 e. The van der Waals surface area contributed by atoms with Crippen LogP contribution in [0.4, 0.5) is 0 Å². The van der Waals surface area contributed by atoms with Crippen LogP contribution in [0.15, 0.2) is 6.20 Å². The van der Waals surface area contributed by atoms with Crippen molar-refractivity contribution in [2.24, 2.45) is 5.73 Å². The van der Waals surface area contributed by atoms with Gasteiger partial charge in [0, 0.05) is 13.1 Å².